The summed E-state index contributed by atoms with van der Waals surface area (Å²) in [7, 11) is 0. The SMILES string of the molecule is Cc1ccc2c(oc3ccc4ccccc4c32)c1Nc1ccccc1. The van der Waals surface area contributed by atoms with Gasteiger partial charge in [0.2, 0.25) is 0 Å². The predicted octanol–water partition coefficient (Wildman–Crippen LogP) is 6.79. The molecule has 0 amide bonds. The lowest BCUT2D eigenvalue weighted by molar-refractivity contribution is 0.670. The van der Waals surface area contributed by atoms with E-state index in [4.69, 9.17) is 4.42 Å². The smallest absolute Gasteiger partial charge is 0.159 e. The van der Waals surface area contributed by atoms with Gasteiger partial charge in [-0.05, 0) is 41.5 Å². The molecule has 0 aliphatic rings. The Morgan fingerprint density at radius 3 is 2.40 bits per heavy atom. The van der Waals surface area contributed by atoms with Gasteiger partial charge in [0.1, 0.15) is 5.58 Å². The van der Waals surface area contributed by atoms with Crippen LogP contribution in [-0.2, 0) is 0 Å². The second kappa shape index (κ2) is 5.38. The first-order valence-corrected chi connectivity index (χ1v) is 8.47. The van der Waals surface area contributed by atoms with Crippen LogP contribution in [0.5, 0.6) is 0 Å². The van der Waals surface area contributed by atoms with Gasteiger partial charge in [-0.3, -0.25) is 0 Å². The summed E-state index contributed by atoms with van der Waals surface area (Å²) < 4.78 is 6.28. The zero-order valence-electron chi connectivity index (χ0n) is 13.9. The molecule has 4 aromatic carbocycles. The predicted molar refractivity (Wildman–Crippen MR) is 106 cm³/mol. The lowest BCUT2D eigenvalue weighted by Gasteiger charge is -2.10. The first-order valence-electron chi connectivity index (χ1n) is 8.47. The van der Waals surface area contributed by atoms with Crippen molar-refractivity contribution >= 4 is 44.1 Å². The van der Waals surface area contributed by atoms with Crippen molar-refractivity contribution < 1.29 is 4.42 Å². The molecule has 0 saturated heterocycles. The van der Waals surface area contributed by atoms with Crippen molar-refractivity contribution in [3.05, 3.63) is 84.4 Å². The van der Waals surface area contributed by atoms with Crippen LogP contribution < -0.4 is 5.32 Å². The van der Waals surface area contributed by atoms with Crippen LogP contribution in [0.4, 0.5) is 11.4 Å². The van der Waals surface area contributed by atoms with E-state index in [1.165, 1.54) is 21.7 Å². The van der Waals surface area contributed by atoms with Crippen LogP contribution in [0.2, 0.25) is 0 Å². The molecule has 0 radical (unpaired) electrons. The molecule has 0 atom stereocenters. The number of benzene rings is 4. The van der Waals surface area contributed by atoms with Crippen LogP contribution in [0.3, 0.4) is 0 Å². The molecule has 120 valence electrons. The second-order valence-electron chi connectivity index (χ2n) is 6.39. The summed E-state index contributed by atoms with van der Waals surface area (Å²) in [4.78, 5) is 0. The van der Waals surface area contributed by atoms with Crippen molar-refractivity contribution in [1.82, 2.24) is 0 Å². The molecule has 0 aliphatic carbocycles. The highest BCUT2D eigenvalue weighted by atomic mass is 16.3. The maximum absolute atomic E-state index is 6.28. The molecule has 0 aliphatic heterocycles. The fourth-order valence-electron chi connectivity index (χ4n) is 3.53. The van der Waals surface area contributed by atoms with Gasteiger partial charge >= 0.3 is 0 Å². The lowest BCUT2D eigenvalue weighted by atomic mass is 10.0. The van der Waals surface area contributed by atoms with Crippen LogP contribution in [-0.4, -0.2) is 0 Å². The fourth-order valence-corrected chi connectivity index (χ4v) is 3.53. The quantitative estimate of drug-likeness (QED) is 0.387. The van der Waals surface area contributed by atoms with Gasteiger partial charge in [-0.2, -0.15) is 0 Å². The van der Waals surface area contributed by atoms with Gasteiger partial charge in [-0.25, -0.2) is 0 Å². The molecule has 0 saturated carbocycles. The average Bonchev–Trinajstić information content (AvgIpc) is 3.04. The molecular weight excluding hydrogens is 306 g/mol. The first-order chi connectivity index (χ1) is 12.3. The highest BCUT2D eigenvalue weighted by molar-refractivity contribution is 6.20. The maximum Gasteiger partial charge on any atom is 0.159 e. The number of nitrogens with one attached hydrogen (secondary N) is 1. The molecule has 5 aromatic rings. The third-order valence-corrected chi connectivity index (χ3v) is 4.78. The van der Waals surface area contributed by atoms with Gasteiger partial charge in [0.25, 0.3) is 0 Å². The Balaban J connectivity index is 1.84. The minimum Gasteiger partial charge on any atom is -0.454 e. The Bertz CT molecular complexity index is 1220. The molecule has 1 N–H and O–H groups in total. The highest BCUT2D eigenvalue weighted by Crippen LogP contribution is 2.39. The number of rotatable bonds is 2. The van der Waals surface area contributed by atoms with E-state index in [9.17, 15) is 0 Å². The Labute approximate surface area is 145 Å². The van der Waals surface area contributed by atoms with Crippen LogP contribution in [0.1, 0.15) is 5.56 Å². The molecule has 2 nitrogen and oxygen atoms in total. The van der Waals surface area contributed by atoms with E-state index in [0.29, 0.717) is 0 Å². The van der Waals surface area contributed by atoms with Crippen LogP contribution in [0.15, 0.2) is 83.3 Å². The van der Waals surface area contributed by atoms with E-state index in [2.05, 4.69) is 72.9 Å². The minimum absolute atomic E-state index is 0.912. The third kappa shape index (κ3) is 2.18. The van der Waals surface area contributed by atoms with E-state index in [-0.39, 0.29) is 0 Å². The van der Waals surface area contributed by atoms with Gasteiger partial charge in [0.05, 0.1) is 5.69 Å². The molecule has 1 aromatic heterocycles. The number of fused-ring (bicyclic) bond motifs is 5. The molecule has 0 unspecified atom stereocenters. The molecular formula is C23H17NO. The van der Waals surface area contributed by atoms with Crippen molar-refractivity contribution in [1.29, 1.82) is 0 Å². The van der Waals surface area contributed by atoms with Gasteiger partial charge in [-0.15, -0.1) is 0 Å². The van der Waals surface area contributed by atoms with Crippen molar-refractivity contribution in [3.63, 3.8) is 0 Å². The fraction of sp³-hybridized carbons (Fsp3) is 0.0435. The monoisotopic (exact) mass is 323 g/mol. The molecule has 1 heterocycles. The normalized spacial score (nSPS) is 11.4. The van der Waals surface area contributed by atoms with E-state index in [1.54, 1.807) is 0 Å². The minimum atomic E-state index is 0.912. The largest absolute Gasteiger partial charge is 0.454 e. The maximum atomic E-state index is 6.28. The zero-order chi connectivity index (χ0) is 16.8. The summed E-state index contributed by atoms with van der Waals surface area (Å²) in [6, 6.07) is 27.2. The zero-order valence-corrected chi connectivity index (χ0v) is 13.9. The Morgan fingerprint density at radius 2 is 1.52 bits per heavy atom. The lowest BCUT2D eigenvalue weighted by Crippen LogP contribution is -1.93. The Kier molecular flexibility index (Phi) is 3.04. The number of aryl methyl sites for hydroxylation is 1. The van der Waals surface area contributed by atoms with Crippen LogP contribution in [0.25, 0.3) is 32.7 Å². The van der Waals surface area contributed by atoms with Gasteiger partial charge in [0, 0.05) is 16.5 Å². The Hall–Kier alpha value is -3.26. The number of hydrogen-bond acceptors (Lipinski definition) is 2. The van der Waals surface area contributed by atoms with Gasteiger partial charge in [-0.1, -0.05) is 60.7 Å². The van der Waals surface area contributed by atoms with Crippen molar-refractivity contribution in [2.75, 3.05) is 5.32 Å². The summed E-state index contributed by atoms with van der Waals surface area (Å²) in [5.74, 6) is 0. The molecule has 5 rings (SSSR count). The van der Waals surface area contributed by atoms with E-state index in [1.807, 2.05) is 18.2 Å². The average molecular weight is 323 g/mol. The highest BCUT2D eigenvalue weighted by Gasteiger charge is 2.15. The van der Waals surface area contributed by atoms with Crippen molar-refractivity contribution in [3.8, 4) is 0 Å². The molecule has 0 fully saturated rings. The third-order valence-electron chi connectivity index (χ3n) is 4.78. The molecule has 0 spiro atoms. The molecule has 25 heavy (non-hydrogen) atoms. The Morgan fingerprint density at radius 1 is 0.720 bits per heavy atom. The summed E-state index contributed by atoms with van der Waals surface area (Å²) in [5.41, 5.74) is 5.10. The molecule has 0 bridgehead atoms. The topological polar surface area (TPSA) is 25.2 Å². The van der Waals surface area contributed by atoms with E-state index >= 15 is 0 Å². The summed E-state index contributed by atoms with van der Waals surface area (Å²) in [5, 5.41) is 8.33. The number of furan rings is 1. The van der Waals surface area contributed by atoms with E-state index < -0.39 is 0 Å². The second-order valence-corrected chi connectivity index (χ2v) is 6.39. The standard InChI is InChI=1S/C23H17NO/c1-15-11-13-19-21-18-10-6-5-7-16(18)12-14-20(21)25-23(19)22(15)24-17-8-3-2-4-9-17/h2-14,24H,1H3. The number of hydrogen-bond donors (Lipinski definition) is 1. The van der Waals surface area contributed by atoms with Crippen LogP contribution in [0, 0.1) is 6.92 Å². The van der Waals surface area contributed by atoms with Gasteiger partial charge < -0.3 is 9.73 Å². The van der Waals surface area contributed by atoms with Crippen molar-refractivity contribution in [2.24, 2.45) is 0 Å². The number of para-hydroxylation sites is 1. The summed E-state index contributed by atoms with van der Waals surface area (Å²) in [6.07, 6.45) is 0. The van der Waals surface area contributed by atoms with Crippen LogP contribution >= 0.6 is 0 Å². The first kappa shape index (κ1) is 14.1. The summed E-state index contributed by atoms with van der Waals surface area (Å²) in [6.45, 7) is 2.11. The molecule has 2 heteroatoms. The summed E-state index contributed by atoms with van der Waals surface area (Å²) >= 11 is 0. The number of anilines is 2. The van der Waals surface area contributed by atoms with Gasteiger partial charge in [0.15, 0.2) is 5.58 Å². The van der Waals surface area contributed by atoms with Crippen molar-refractivity contribution in [2.45, 2.75) is 6.92 Å². The van der Waals surface area contributed by atoms with E-state index in [0.717, 1.165) is 27.9 Å².